The number of hydrogen-bond acceptors (Lipinski definition) is 3. The van der Waals surface area contributed by atoms with E-state index < -0.39 is 10.8 Å². The Balaban J connectivity index is 2.17. The Morgan fingerprint density at radius 2 is 2.00 bits per heavy atom. The molecule has 0 bridgehead atoms. The van der Waals surface area contributed by atoms with Crippen molar-refractivity contribution in [2.75, 3.05) is 37.7 Å². The van der Waals surface area contributed by atoms with Crippen LogP contribution in [0.3, 0.4) is 0 Å². The topological polar surface area (TPSA) is 46.3 Å². The van der Waals surface area contributed by atoms with Crippen molar-refractivity contribution >= 4 is 10.8 Å². The van der Waals surface area contributed by atoms with Crippen LogP contribution in [0.5, 0.6) is 0 Å². The van der Waals surface area contributed by atoms with Crippen LogP contribution in [-0.2, 0) is 10.8 Å². The lowest BCUT2D eigenvalue weighted by atomic mass is 10.4. The normalized spacial score (nSPS) is 22.1. The van der Waals surface area contributed by atoms with E-state index in [1.165, 1.54) is 0 Å². The lowest BCUT2D eigenvalue weighted by Crippen LogP contribution is -2.37. The zero-order chi connectivity index (χ0) is 8.81. The standard InChI is InChI=1S/C8H16N2OS/c9-3-1-2-4-10-5-7-12(11)8-6-10/h1-2H,3-9H2. The first-order valence-corrected chi connectivity index (χ1v) is 5.74. The fourth-order valence-corrected chi connectivity index (χ4v) is 2.31. The molecule has 1 aliphatic heterocycles. The molecule has 0 aromatic carbocycles. The molecule has 0 radical (unpaired) electrons. The smallest absolute Gasteiger partial charge is 0.0363 e. The van der Waals surface area contributed by atoms with Gasteiger partial charge in [0.15, 0.2) is 0 Å². The third kappa shape index (κ3) is 3.47. The van der Waals surface area contributed by atoms with Crippen LogP contribution >= 0.6 is 0 Å². The minimum absolute atomic E-state index is 0.559. The third-order valence-electron chi connectivity index (χ3n) is 1.94. The predicted molar refractivity (Wildman–Crippen MR) is 52.5 cm³/mol. The van der Waals surface area contributed by atoms with Gasteiger partial charge in [0.1, 0.15) is 0 Å². The number of hydrogen-bond donors (Lipinski definition) is 1. The Morgan fingerprint density at radius 3 is 2.58 bits per heavy atom. The van der Waals surface area contributed by atoms with Crippen molar-refractivity contribution in [3.8, 4) is 0 Å². The summed E-state index contributed by atoms with van der Waals surface area (Å²) in [5, 5.41) is 0. The van der Waals surface area contributed by atoms with Gasteiger partial charge in [-0.05, 0) is 0 Å². The molecule has 3 nitrogen and oxygen atoms in total. The average molecular weight is 188 g/mol. The molecule has 1 saturated heterocycles. The molecule has 0 spiro atoms. The Morgan fingerprint density at radius 1 is 1.33 bits per heavy atom. The van der Waals surface area contributed by atoms with E-state index in [2.05, 4.69) is 11.0 Å². The molecule has 0 aliphatic carbocycles. The van der Waals surface area contributed by atoms with E-state index in [0.29, 0.717) is 6.54 Å². The van der Waals surface area contributed by atoms with Crippen LogP contribution in [0, 0.1) is 0 Å². The summed E-state index contributed by atoms with van der Waals surface area (Å²) in [6, 6.07) is 0. The van der Waals surface area contributed by atoms with E-state index in [0.717, 1.165) is 31.1 Å². The molecule has 12 heavy (non-hydrogen) atoms. The molecule has 2 N–H and O–H groups in total. The van der Waals surface area contributed by atoms with Gasteiger partial charge in [0, 0.05) is 48.5 Å². The maximum Gasteiger partial charge on any atom is 0.0363 e. The van der Waals surface area contributed by atoms with Crippen molar-refractivity contribution in [1.82, 2.24) is 4.90 Å². The van der Waals surface area contributed by atoms with Crippen molar-refractivity contribution in [3.05, 3.63) is 12.2 Å². The second kappa shape index (κ2) is 5.45. The quantitative estimate of drug-likeness (QED) is 0.611. The van der Waals surface area contributed by atoms with Crippen molar-refractivity contribution in [1.29, 1.82) is 0 Å². The van der Waals surface area contributed by atoms with Gasteiger partial charge in [-0.1, -0.05) is 12.2 Å². The van der Waals surface area contributed by atoms with Gasteiger partial charge in [-0.3, -0.25) is 9.11 Å². The van der Waals surface area contributed by atoms with Crippen LogP contribution in [0.4, 0.5) is 0 Å². The average Bonchev–Trinajstić information content (AvgIpc) is 2.09. The van der Waals surface area contributed by atoms with Gasteiger partial charge in [0.25, 0.3) is 0 Å². The first-order valence-electron chi connectivity index (χ1n) is 4.25. The lowest BCUT2D eigenvalue weighted by molar-refractivity contribution is 0.332. The van der Waals surface area contributed by atoms with Crippen LogP contribution in [0.1, 0.15) is 0 Å². The summed E-state index contributed by atoms with van der Waals surface area (Å²) in [7, 11) is -0.559. The summed E-state index contributed by atoms with van der Waals surface area (Å²) in [5.74, 6) is 1.66. The molecular formula is C8H16N2OS. The van der Waals surface area contributed by atoms with E-state index >= 15 is 0 Å². The summed E-state index contributed by atoms with van der Waals surface area (Å²) in [6.45, 7) is 3.48. The summed E-state index contributed by atoms with van der Waals surface area (Å²) < 4.78 is 11.0. The molecular weight excluding hydrogens is 172 g/mol. The van der Waals surface area contributed by atoms with E-state index in [9.17, 15) is 4.21 Å². The van der Waals surface area contributed by atoms with Gasteiger partial charge in [-0.2, -0.15) is 0 Å². The molecule has 1 aliphatic rings. The second-order valence-electron chi connectivity index (χ2n) is 2.86. The largest absolute Gasteiger partial charge is 0.327 e. The first kappa shape index (κ1) is 9.89. The molecule has 0 amide bonds. The SMILES string of the molecule is NCC=CCN1CCS(=O)CC1. The molecule has 1 fully saturated rings. The van der Waals surface area contributed by atoms with Gasteiger partial charge < -0.3 is 5.73 Å². The number of nitrogens with two attached hydrogens (primary N) is 1. The van der Waals surface area contributed by atoms with E-state index in [-0.39, 0.29) is 0 Å². The molecule has 0 aromatic heterocycles. The minimum Gasteiger partial charge on any atom is -0.327 e. The van der Waals surface area contributed by atoms with Gasteiger partial charge in [-0.25, -0.2) is 0 Å². The maximum atomic E-state index is 11.0. The molecule has 0 saturated carbocycles. The Labute approximate surface area is 76.1 Å². The fourth-order valence-electron chi connectivity index (χ4n) is 1.18. The molecule has 0 atom stereocenters. The van der Waals surface area contributed by atoms with Gasteiger partial charge in [0.05, 0.1) is 0 Å². The molecule has 1 heterocycles. The molecule has 0 unspecified atom stereocenters. The molecule has 70 valence electrons. The second-order valence-corrected chi connectivity index (χ2v) is 4.55. The fraction of sp³-hybridized carbons (Fsp3) is 0.750. The Hall–Kier alpha value is -0.190. The predicted octanol–water partition coefficient (Wildman–Crippen LogP) is -0.434. The molecule has 4 heteroatoms. The zero-order valence-corrected chi connectivity index (χ0v) is 8.05. The monoisotopic (exact) mass is 188 g/mol. The summed E-state index contributed by atoms with van der Waals surface area (Å²) in [6.07, 6.45) is 4.04. The minimum atomic E-state index is -0.559. The van der Waals surface area contributed by atoms with Crippen LogP contribution in [0.15, 0.2) is 12.2 Å². The van der Waals surface area contributed by atoms with E-state index in [1.54, 1.807) is 0 Å². The van der Waals surface area contributed by atoms with E-state index in [4.69, 9.17) is 5.73 Å². The van der Waals surface area contributed by atoms with E-state index in [1.807, 2.05) is 6.08 Å². The summed E-state index contributed by atoms with van der Waals surface area (Å²) in [5.41, 5.74) is 5.31. The summed E-state index contributed by atoms with van der Waals surface area (Å²) in [4.78, 5) is 2.30. The third-order valence-corrected chi connectivity index (χ3v) is 3.21. The number of rotatable bonds is 3. The first-order chi connectivity index (χ1) is 5.83. The molecule has 1 rings (SSSR count). The summed E-state index contributed by atoms with van der Waals surface area (Å²) >= 11 is 0. The highest BCUT2D eigenvalue weighted by molar-refractivity contribution is 7.85. The van der Waals surface area contributed by atoms with Crippen LogP contribution in [0.25, 0.3) is 0 Å². The van der Waals surface area contributed by atoms with Crippen LogP contribution in [-0.4, -0.2) is 46.8 Å². The van der Waals surface area contributed by atoms with Crippen molar-refractivity contribution in [2.45, 2.75) is 0 Å². The highest BCUT2D eigenvalue weighted by Gasteiger charge is 2.12. The van der Waals surface area contributed by atoms with Gasteiger partial charge in [-0.15, -0.1) is 0 Å². The van der Waals surface area contributed by atoms with Crippen LogP contribution in [0.2, 0.25) is 0 Å². The Bertz CT molecular complexity index is 172. The highest BCUT2D eigenvalue weighted by Crippen LogP contribution is 1.99. The zero-order valence-electron chi connectivity index (χ0n) is 7.24. The van der Waals surface area contributed by atoms with Crippen molar-refractivity contribution in [3.63, 3.8) is 0 Å². The highest BCUT2D eigenvalue weighted by atomic mass is 32.2. The Kier molecular flexibility index (Phi) is 4.50. The van der Waals surface area contributed by atoms with Crippen molar-refractivity contribution in [2.24, 2.45) is 5.73 Å². The molecule has 0 aromatic rings. The van der Waals surface area contributed by atoms with Crippen molar-refractivity contribution < 1.29 is 4.21 Å². The van der Waals surface area contributed by atoms with Crippen LogP contribution < -0.4 is 5.73 Å². The van der Waals surface area contributed by atoms with Gasteiger partial charge >= 0.3 is 0 Å². The number of nitrogens with zero attached hydrogens (tertiary/aromatic N) is 1. The van der Waals surface area contributed by atoms with Gasteiger partial charge in [0.2, 0.25) is 0 Å². The lowest BCUT2D eigenvalue weighted by Gasteiger charge is -2.24. The maximum absolute atomic E-state index is 11.0.